The summed E-state index contributed by atoms with van der Waals surface area (Å²) in [4.78, 5) is 15.5. The molecule has 4 nitrogen and oxygen atoms in total. The molecule has 0 aromatic heterocycles. The smallest absolute Gasteiger partial charge is 0.233 e. The summed E-state index contributed by atoms with van der Waals surface area (Å²) in [5.41, 5.74) is 2.65. The van der Waals surface area contributed by atoms with Crippen molar-refractivity contribution in [3.05, 3.63) is 29.3 Å². The van der Waals surface area contributed by atoms with Crippen molar-refractivity contribution in [1.29, 1.82) is 0 Å². The molecule has 4 aliphatic rings. The molecule has 0 spiro atoms. The lowest BCUT2D eigenvalue weighted by atomic mass is 9.74. The molecular formula is C20H25NO3. The van der Waals surface area contributed by atoms with E-state index in [-0.39, 0.29) is 35.7 Å². The molecule has 1 aromatic carbocycles. The maximum Gasteiger partial charge on any atom is 0.233 e. The van der Waals surface area contributed by atoms with Crippen LogP contribution in [0.25, 0.3) is 0 Å². The van der Waals surface area contributed by atoms with E-state index < -0.39 is 11.8 Å². The lowest BCUT2D eigenvalue weighted by Crippen LogP contribution is -2.55. The van der Waals surface area contributed by atoms with E-state index in [1.807, 2.05) is 11.0 Å². The third-order valence-electron chi connectivity index (χ3n) is 7.20. The zero-order valence-corrected chi connectivity index (χ0v) is 14.7. The fourth-order valence-electron chi connectivity index (χ4n) is 6.43. The van der Waals surface area contributed by atoms with E-state index in [1.165, 1.54) is 0 Å². The Hall–Kier alpha value is -1.39. The third kappa shape index (κ3) is 1.39. The Morgan fingerprint density at radius 3 is 2.54 bits per heavy atom. The first-order chi connectivity index (χ1) is 11.4. The second-order valence-corrected chi connectivity index (χ2v) is 8.51. The molecule has 1 amide bonds. The van der Waals surface area contributed by atoms with Crippen LogP contribution < -0.4 is 4.90 Å². The van der Waals surface area contributed by atoms with Crippen molar-refractivity contribution < 1.29 is 14.6 Å². The minimum absolute atomic E-state index is 0.0763. The number of aliphatic hydroxyl groups is 1. The van der Waals surface area contributed by atoms with Crippen molar-refractivity contribution >= 4 is 11.6 Å². The first-order valence-corrected chi connectivity index (χ1v) is 9.15. The third-order valence-corrected chi connectivity index (χ3v) is 7.20. The minimum Gasteiger partial charge on any atom is -0.390 e. The fraction of sp³-hybridized carbons (Fsp3) is 0.650. The van der Waals surface area contributed by atoms with E-state index in [0.29, 0.717) is 5.92 Å². The number of anilines is 1. The molecule has 128 valence electrons. The molecule has 4 fully saturated rings. The Morgan fingerprint density at radius 1 is 1.25 bits per heavy atom. The number of nitrogens with zero attached hydrogens (tertiary/aromatic N) is 1. The van der Waals surface area contributed by atoms with Crippen molar-refractivity contribution in [2.45, 2.75) is 52.0 Å². The van der Waals surface area contributed by atoms with Gasteiger partial charge in [0, 0.05) is 11.8 Å². The molecule has 2 heterocycles. The van der Waals surface area contributed by atoms with Gasteiger partial charge in [0.25, 0.3) is 0 Å². The molecule has 24 heavy (non-hydrogen) atoms. The van der Waals surface area contributed by atoms with Gasteiger partial charge in [-0.3, -0.25) is 9.69 Å². The van der Waals surface area contributed by atoms with Crippen LogP contribution in [0.4, 0.5) is 5.69 Å². The number of amides is 1. The summed E-state index contributed by atoms with van der Waals surface area (Å²) in [5, 5.41) is 10.6. The average Bonchev–Trinajstić information content (AvgIpc) is 3.17. The zero-order valence-electron chi connectivity index (χ0n) is 14.7. The van der Waals surface area contributed by atoms with E-state index in [4.69, 9.17) is 4.74 Å². The van der Waals surface area contributed by atoms with Gasteiger partial charge in [0.1, 0.15) is 0 Å². The normalized spacial score (nSPS) is 45.1. The summed E-state index contributed by atoms with van der Waals surface area (Å²) in [5.74, 6) is 0.901. The van der Waals surface area contributed by atoms with Crippen LogP contribution in [0.5, 0.6) is 0 Å². The molecule has 7 atom stereocenters. The van der Waals surface area contributed by atoms with Gasteiger partial charge in [-0.25, -0.2) is 0 Å². The summed E-state index contributed by atoms with van der Waals surface area (Å²) < 4.78 is 6.59. The summed E-state index contributed by atoms with van der Waals surface area (Å²) in [6, 6.07) is 6.18. The summed E-state index contributed by atoms with van der Waals surface area (Å²) in [6.45, 7) is 8.45. The van der Waals surface area contributed by atoms with Gasteiger partial charge in [-0.1, -0.05) is 32.0 Å². The van der Waals surface area contributed by atoms with Crippen LogP contribution in [-0.2, 0) is 9.53 Å². The molecule has 2 aliphatic heterocycles. The van der Waals surface area contributed by atoms with Crippen LogP contribution in [0, 0.1) is 43.4 Å². The maximum atomic E-state index is 13.5. The topological polar surface area (TPSA) is 49.8 Å². The Balaban J connectivity index is 1.75. The van der Waals surface area contributed by atoms with Crippen LogP contribution in [0.15, 0.2) is 18.2 Å². The van der Waals surface area contributed by atoms with Crippen LogP contribution in [0.3, 0.4) is 0 Å². The second kappa shape index (κ2) is 4.41. The van der Waals surface area contributed by atoms with Gasteiger partial charge in [0.05, 0.1) is 23.8 Å². The number of aliphatic hydroxyl groups excluding tert-OH is 1. The first-order valence-electron chi connectivity index (χ1n) is 9.15. The largest absolute Gasteiger partial charge is 0.390 e. The average molecular weight is 327 g/mol. The van der Waals surface area contributed by atoms with Crippen LogP contribution in [0.1, 0.15) is 31.4 Å². The first kappa shape index (κ1) is 14.9. The van der Waals surface area contributed by atoms with Crippen LogP contribution in [0.2, 0.25) is 0 Å². The number of rotatable bonds is 2. The van der Waals surface area contributed by atoms with Gasteiger partial charge in [-0.05, 0) is 43.2 Å². The van der Waals surface area contributed by atoms with Gasteiger partial charge in [-0.15, -0.1) is 0 Å². The number of aryl methyl sites for hydroxylation is 2. The van der Waals surface area contributed by atoms with Crippen molar-refractivity contribution in [3.63, 3.8) is 0 Å². The molecule has 2 bridgehead atoms. The highest BCUT2D eigenvalue weighted by Gasteiger charge is 2.79. The highest BCUT2D eigenvalue weighted by molar-refractivity contribution is 6.01. The van der Waals surface area contributed by atoms with E-state index in [9.17, 15) is 9.90 Å². The molecule has 5 rings (SSSR count). The Bertz CT molecular complexity index is 724. The monoisotopic (exact) mass is 327 g/mol. The van der Waals surface area contributed by atoms with E-state index >= 15 is 0 Å². The lowest BCUT2D eigenvalue weighted by molar-refractivity contribution is -0.136. The number of carbonyl (C=O) groups excluding carboxylic acids is 1. The van der Waals surface area contributed by atoms with Gasteiger partial charge in [0.15, 0.2) is 5.72 Å². The zero-order chi connectivity index (χ0) is 17.0. The quantitative estimate of drug-likeness (QED) is 0.908. The molecule has 2 aliphatic carbocycles. The summed E-state index contributed by atoms with van der Waals surface area (Å²) >= 11 is 0. The maximum absolute atomic E-state index is 13.5. The predicted molar refractivity (Wildman–Crippen MR) is 90.4 cm³/mol. The molecule has 4 heteroatoms. The number of benzene rings is 1. The number of fused-ring (bicyclic) bond motifs is 2. The Morgan fingerprint density at radius 2 is 1.92 bits per heavy atom. The number of para-hydroxylation sites is 1. The van der Waals surface area contributed by atoms with Gasteiger partial charge in [0.2, 0.25) is 5.91 Å². The second-order valence-electron chi connectivity index (χ2n) is 8.51. The molecule has 2 saturated heterocycles. The number of carbonyl (C=O) groups is 1. The molecule has 0 unspecified atom stereocenters. The van der Waals surface area contributed by atoms with Crippen LogP contribution >= 0.6 is 0 Å². The summed E-state index contributed by atoms with van der Waals surface area (Å²) in [6.07, 6.45) is 0.377. The van der Waals surface area contributed by atoms with Gasteiger partial charge in [-0.2, -0.15) is 0 Å². The van der Waals surface area contributed by atoms with E-state index in [1.54, 1.807) is 0 Å². The predicted octanol–water partition coefficient (Wildman–Crippen LogP) is 2.64. The van der Waals surface area contributed by atoms with Crippen molar-refractivity contribution in [1.82, 2.24) is 0 Å². The molecule has 1 aromatic rings. The highest BCUT2D eigenvalue weighted by Crippen LogP contribution is 2.69. The number of hydrogen-bond donors (Lipinski definition) is 1. The van der Waals surface area contributed by atoms with Gasteiger partial charge < -0.3 is 9.84 Å². The fourth-order valence-corrected chi connectivity index (χ4v) is 6.43. The van der Waals surface area contributed by atoms with Crippen molar-refractivity contribution in [3.8, 4) is 0 Å². The van der Waals surface area contributed by atoms with E-state index in [0.717, 1.165) is 23.2 Å². The Kier molecular flexibility index (Phi) is 2.74. The van der Waals surface area contributed by atoms with Crippen molar-refractivity contribution in [2.24, 2.45) is 29.6 Å². The SMILES string of the molecule is Cc1cccc(C)c1N1C(=O)[C@@H]2[C@H]3C[C@H]4[C@H](O[C@]1(C(C)C)[C@@H]42)[C@H]3O. The van der Waals surface area contributed by atoms with E-state index in [2.05, 4.69) is 39.8 Å². The molecule has 0 radical (unpaired) electrons. The molecule has 2 saturated carbocycles. The molecular weight excluding hydrogens is 302 g/mol. The standard InChI is InChI=1S/C20H25NO3/c1-9(2)20-15-13-8-12(17(22)18(13)24-20)14(15)19(23)21(20)16-10(3)6-5-7-11(16)4/h5-7,9,12-15,17-18,22H,8H2,1-4H3/t12-,13-,14-,15+,17+,18+,20-/m1/s1. The Labute approximate surface area is 142 Å². The summed E-state index contributed by atoms with van der Waals surface area (Å²) in [7, 11) is 0. The van der Waals surface area contributed by atoms with Gasteiger partial charge >= 0.3 is 0 Å². The number of hydrogen-bond acceptors (Lipinski definition) is 3. The molecule has 1 N–H and O–H groups in total. The van der Waals surface area contributed by atoms with Crippen LogP contribution in [-0.4, -0.2) is 28.9 Å². The van der Waals surface area contributed by atoms with Crippen molar-refractivity contribution in [2.75, 3.05) is 4.90 Å². The minimum atomic E-state index is -0.597. The highest BCUT2D eigenvalue weighted by atomic mass is 16.6. The number of ether oxygens (including phenoxy) is 1. The lowest BCUT2D eigenvalue weighted by Gasteiger charge is -2.43.